The third-order valence-corrected chi connectivity index (χ3v) is 3.76. The Bertz CT molecular complexity index is 537. The molecule has 0 aromatic heterocycles. The zero-order chi connectivity index (χ0) is 16.9. The van der Waals surface area contributed by atoms with Crippen LogP contribution >= 0.6 is 12.4 Å². The predicted molar refractivity (Wildman–Crippen MR) is 86.9 cm³/mol. The molecular formula is C15H21ClF3N3O2. The molecule has 1 atom stereocenters. The number of halogens is 4. The number of alkyl halides is 3. The average Bonchev–Trinajstić information content (AvgIpc) is 2.54. The second kappa shape index (κ2) is 9.10. The summed E-state index contributed by atoms with van der Waals surface area (Å²) in [5, 5.41) is 5.39. The van der Waals surface area contributed by atoms with Crippen molar-refractivity contribution >= 4 is 18.3 Å². The van der Waals surface area contributed by atoms with Gasteiger partial charge in [-0.25, -0.2) is 0 Å². The molecule has 0 spiro atoms. The summed E-state index contributed by atoms with van der Waals surface area (Å²) in [5.74, 6) is -0.0691. The van der Waals surface area contributed by atoms with Gasteiger partial charge in [0.2, 0.25) is 0 Å². The van der Waals surface area contributed by atoms with E-state index < -0.39 is 24.7 Å². The zero-order valence-corrected chi connectivity index (χ0v) is 14.0. The Hall–Kier alpha value is -1.51. The summed E-state index contributed by atoms with van der Waals surface area (Å²) in [5.41, 5.74) is 0.269. The third-order valence-electron chi connectivity index (χ3n) is 3.76. The van der Waals surface area contributed by atoms with Crippen molar-refractivity contribution in [3.8, 4) is 5.75 Å². The quantitative estimate of drug-likeness (QED) is 0.831. The molecule has 24 heavy (non-hydrogen) atoms. The topological polar surface area (TPSA) is 53.6 Å². The van der Waals surface area contributed by atoms with Gasteiger partial charge in [-0.15, -0.1) is 12.4 Å². The number of hydrogen-bond acceptors (Lipinski definition) is 4. The van der Waals surface area contributed by atoms with E-state index in [4.69, 9.17) is 4.74 Å². The molecule has 9 heteroatoms. The summed E-state index contributed by atoms with van der Waals surface area (Å²) in [7, 11) is 1.46. The zero-order valence-electron chi connectivity index (χ0n) is 13.2. The number of carbonyl (C=O) groups is 1. The SMILES string of the molecule is COc1cccc(C(=O)NCC(N2CCNCC2)C(F)(F)F)c1.Cl. The smallest absolute Gasteiger partial charge is 0.405 e. The van der Waals surface area contributed by atoms with Crippen molar-refractivity contribution in [2.24, 2.45) is 0 Å². The molecule has 1 amide bonds. The van der Waals surface area contributed by atoms with Crippen molar-refractivity contribution in [2.75, 3.05) is 39.8 Å². The molecule has 0 radical (unpaired) electrons. The molecular weight excluding hydrogens is 347 g/mol. The first-order valence-electron chi connectivity index (χ1n) is 7.35. The van der Waals surface area contributed by atoms with Gasteiger partial charge in [0.1, 0.15) is 11.8 Å². The Kier molecular flexibility index (Phi) is 7.78. The summed E-state index contributed by atoms with van der Waals surface area (Å²) in [4.78, 5) is 13.4. The molecule has 1 saturated heterocycles. The van der Waals surface area contributed by atoms with Gasteiger partial charge in [-0.3, -0.25) is 9.69 Å². The fourth-order valence-corrected chi connectivity index (χ4v) is 2.50. The van der Waals surface area contributed by atoms with Crippen LogP contribution in [-0.2, 0) is 0 Å². The first kappa shape index (κ1) is 20.5. The molecule has 0 aliphatic carbocycles. The fourth-order valence-electron chi connectivity index (χ4n) is 2.50. The van der Waals surface area contributed by atoms with Crippen molar-refractivity contribution in [3.05, 3.63) is 29.8 Å². The summed E-state index contributed by atoms with van der Waals surface area (Å²) in [6.07, 6.45) is -4.39. The van der Waals surface area contributed by atoms with Crippen LogP contribution < -0.4 is 15.4 Å². The number of hydrogen-bond donors (Lipinski definition) is 2. The van der Waals surface area contributed by atoms with Gasteiger partial charge in [0, 0.05) is 38.3 Å². The maximum Gasteiger partial charge on any atom is 0.405 e. The van der Waals surface area contributed by atoms with Gasteiger partial charge in [-0.05, 0) is 18.2 Å². The normalized spacial score (nSPS) is 16.8. The Labute approximate surface area is 144 Å². The summed E-state index contributed by atoms with van der Waals surface area (Å²) in [6.45, 7) is 1.16. The van der Waals surface area contributed by atoms with E-state index in [2.05, 4.69) is 10.6 Å². The van der Waals surface area contributed by atoms with E-state index in [0.717, 1.165) is 0 Å². The lowest BCUT2D eigenvalue weighted by atomic mass is 10.1. The van der Waals surface area contributed by atoms with E-state index in [-0.39, 0.29) is 18.0 Å². The van der Waals surface area contributed by atoms with Crippen molar-refractivity contribution in [2.45, 2.75) is 12.2 Å². The maximum absolute atomic E-state index is 13.2. The summed E-state index contributed by atoms with van der Waals surface area (Å²) < 4.78 is 44.7. The van der Waals surface area contributed by atoms with E-state index in [0.29, 0.717) is 31.9 Å². The van der Waals surface area contributed by atoms with Crippen molar-refractivity contribution < 1.29 is 22.7 Å². The molecule has 136 valence electrons. The Morgan fingerprint density at radius 3 is 2.62 bits per heavy atom. The van der Waals surface area contributed by atoms with Crippen LogP contribution in [-0.4, -0.2) is 62.9 Å². The molecule has 1 aromatic rings. The highest BCUT2D eigenvalue weighted by molar-refractivity contribution is 5.94. The summed E-state index contributed by atoms with van der Waals surface area (Å²) >= 11 is 0. The molecule has 0 bridgehead atoms. The van der Waals surface area contributed by atoms with Crippen LogP contribution in [0.25, 0.3) is 0 Å². The number of ether oxygens (including phenoxy) is 1. The molecule has 1 aromatic carbocycles. The number of carbonyl (C=O) groups excluding carboxylic acids is 1. The highest BCUT2D eigenvalue weighted by Crippen LogP contribution is 2.25. The molecule has 2 N–H and O–H groups in total. The lowest BCUT2D eigenvalue weighted by molar-refractivity contribution is -0.183. The minimum atomic E-state index is -4.39. The molecule has 1 unspecified atom stereocenters. The maximum atomic E-state index is 13.2. The van der Waals surface area contributed by atoms with E-state index in [9.17, 15) is 18.0 Å². The predicted octanol–water partition coefficient (Wildman–Crippen LogP) is 1.68. The Morgan fingerprint density at radius 2 is 2.04 bits per heavy atom. The van der Waals surface area contributed by atoms with Gasteiger partial charge in [0.25, 0.3) is 5.91 Å². The second-order valence-electron chi connectivity index (χ2n) is 5.29. The van der Waals surface area contributed by atoms with Gasteiger partial charge >= 0.3 is 6.18 Å². The van der Waals surface area contributed by atoms with Crippen LogP contribution in [0.4, 0.5) is 13.2 Å². The third kappa shape index (κ3) is 5.54. The van der Waals surface area contributed by atoms with Crippen molar-refractivity contribution in [1.29, 1.82) is 0 Å². The van der Waals surface area contributed by atoms with E-state index in [1.165, 1.54) is 24.1 Å². The van der Waals surface area contributed by atoms with Crippen molar-refractivity contribution in [1.82, 2.24) is 15.5 Å². The first-order chi connectivity index (χ1) is 10.9. The highest BCUT2D eigenvalue weighted by Gasteiger charge is 2.43. The first-order valence-corrected chi connectivity index (χ1v) is 7.35. The lowest BCUT2D eigenvalue weighted by Gasteiger charge is -2.35. The van der Waals surface area contributed by atoms with Crippen LogP contribution in [0, 0.1) is 0 Å². The molecule has 2 rings (SSSR count). The van der Waals surface area contributed by atoms with Crippen molar-refractivity contribution in [3.63, 3.8) is 0 Å². The number of amides is 1. The average molecular weight is 368 g/mol. The number of rotatable bonds is 5. The monoisotopic (exact) mass is 367 g/mol. The van der Waals surface area contributed by atoms with Crippen LogP contribution in [0.1, 0.15) is 10.4 Å². The largest absolute Gasteiger partial charge is 0.497 e. The van der Waals surface area contributed by atoms with E-state index >= 15 is 0 Å². The van der Waals surface area contributed by atoms with Crippen LogP contribution in [0.15, 0.2) is 24.3 Å². The van der Waals surface area contributed by atoms with Gasteiger partial charge in [0.15, 0.2) is 0 Å². The van der Waals surface area contributed by atoms with E-state index in [1.54, 1.807) is 12.1 Å². The number of piperazine rings is 1. The number of benzene rings is 1. The minimum absolute atomic E-state index is 0. The highest BCUT2D eigenvalue weighted by atomic mass is 35.5. The lowest BCUT2D eigenvalue weighted by Crippen LogP contribution is -2.57. The second-order valence-corrected chi connectivity index (χ2v) is 5.29. The molecule has 5 nitrogen and oxygen atoms in total. The van der Waals surface area contributed by atoms with Crippen LogP contribution in [0.3, 0.4) is 0 Å². The number of methoxy groups -OCH3 is 1. The molecule has 1 heterocycles. The number of nitrogens with one attached hydrogen (secondary N) is 2. The van der Waals surface area contributed by atoms with Crippen LogP contribution in [0.2, 0.25) is 0 Å². The molecule has 1 fully saturated rings. The summed E-state index contributed by atoms with van der Waals surface area (Å²) in [6, 6.07) is 4.62. The van der Waals surface area contributed by atoms with Gasteiger partial charge < -0.3 is 15.4 Å². The Morgan fingerprint density at radius 1 is 1.38 bits per heavy atom. The van der Waals surface area contributed by atoms with Gasteiger partial charge in [-0.2, -0.15) is 13.2 Å². The minimum Gasteiger partial charge on any atom is -0.497 e. The van der Waals surface area contributed by atoms with Gasteiger partial charge in [0.05, 0.1) is 7.11 Å². The molecule has 1 aliphatic rings. The Balaban J connectivity index is 0.00000288. The number of nitrogens with zero attached hydrogens (tertiary/aromatic N) is 1. The van der Waals surface area contributed by atoms with Crippen LogP contribution in [0.5, 0.6) is 5.75 Å². The standard InChI is InChI=1S/C15H20F3N3O2.ClH/c1-23-12-4-2-3-11(9-12)14(22)20-10-13(15(16,17)18)21-7-5-19-6-8-21;/h2-4,9,13,19H,5-8,10H2,1H3,(H,20,22);1H. The van der Waals surface area contributed by atoms with Gasteiger partial charge in [-0.1, -0.05) is 6.07 Å². The fraction of sp³-hybridized carbons (Fsp3) is 0.533. The molecule has 1 aliphatic heterocycles. The molecule has 0 saturated carbocycles. The van der Waals surface area contributed by atoms with E-state index in [1.807, 2.05) is 0 Å².